The maximum atomic E-state index is 12.2. The molecule has 2 fully saturated rings. The van der Waals surface area contributed by atoms with Gasteiger partial charge < -0.3 is 10.4 Å². The molecule has 4 heteroatoms. The van der Waals surface area contributed by atoms with Gasteiger partial charge in [-0.3, -0.25) is 9.59 Å². The van der Waals surface area contributed by atoms with Crippen molar-refractivity contribution in [2.24, 2.45) is 29.1 Å². The second-order valence-electron chi connectivity index (χ2n) is 7.76. The van der Waals surface area contributed by atoms with Gasteiger partial charge in [0.2, 0.25) is 5.91 Å². The van der Waals surface area contributed by atoms with Gasteiger partial charge in [-0.1, -0.05) is 27.7 Å². The molecule has 1 amide bonds. The molecule has 5 atom stereocenters. The van der Waals surface area contributed by atoms with E-state index in [0.717, 1.165) is 19.3 Å². The lowest BCUT2D eigenvalue weighted by atomic mass is 9.79. The van der Waals surface area contributed by atoms with E-state index in [9.17, 15) is 14.7 Å². The van der Waals surface area contributed by atoms with Crippen molar-refractivity contribution < 1.29 is 14.7 Å². The number of hydrogen-bond donors (Lipinski definition) is 2. The van der Waals surface area contributed by atoms with Gasteiger partial charge in [-0.25, -0.2) is 0 Å². The molecule has 0 heterocycles. The van der Waals surface area contributed by atoms with E-state index in [1.165, 1.54) is 0 Å². The first-order valence-electron chi connectivity index (χ1n) is 7.72. The minimum Gasteiger partial charge on any atom is -0.481 e. The highest BCUT2D eigenvalue weighted by Gasteiger charge is 2.51. The molecule has 0 aromatic heterocycles. The maximum absolute atomic E-state index is 12.2. The first-order chi connectivity index (χ1) is 9.20. The van der Waals surface area contributed by atoms with Crippen LogP contribution >= 0.6 is 0 Å². The second kappa shape index (κ2) is 5.38. The van der Waals surface area contributed by atoms with Crippen LogP contribution in [0.1, 0.15) is 53.4 Å². The van der Waals surface area contributed by atoms with Crippen LogP contribution in [0, 0.1) is 29.1 Å². The minimum absolute atomic E-state index is 0.0104. The average molecular weight is 281 g/mol. The number of amides is 1. The molecule has 0 aliphatic heterocycles. The monoisotopic (exact) mass is 281 g/mol. The number of aliphatic carboxylic acids is 1. The lowest BCUT2D eigenvalue weighted by Gasteiger charge is -2.31. The van der Waals surface area contributed by atoms with Crippen LogP contribution in [0.2, 0.25) is 0 Å². The van der Waals surface area contributed by atoms with Crippen molar-refractivity contribution in [3.05, 3.63) is 0 Å². The minimum atomic E-state index is -0.744. The van der Waals surface area contributed by atoms with E-state index in [1.807, 2.05) is 0 Å². The number of nitrogens with one attached hydrogen (secondary N) is 1. The number of rotatable bonds is 4. The predicted octanol–water partition coefficient (Wildman–Crippen LogP) is 2.67. The summed E-state index contributed by atoms with van der Waals surface area (Å²) in [6.45, 7) is 8.46. The molecule has 2 N–H and O–H groups in total. The highest BCUT2D eigenvalue weighted by molar-refractivity contribution is 5.79. The molecule has 20 heavy (non-hydrogen) atoms. The molecular weight excluding hydrogens is 254 g/mol. The van der Waals surface area contributed by atoms with Crippen LogP contribution in [0.25, 0.3) is 0 Å². The normalized spacial score (nSPS) is 34.0. The summed E-state index contributed by atoms with van der Waals surface area (Å²) in [7, 11) is 0. The van der Waals surface area contributed by atoms with E-state index in [0.29, 0.717) is 12.3 Å². The largest absolute Gasteiger partial charge is 0.481 e. The summed E-state index contributed by atoms with van der Waals surface area (Å²) in [5.74, 6) is -0.188. The average Bonchev–Trinajstić information content (AvgIpc) is 2.87. The summed E-state index contributed by atoms with van der Waals surface area (Å²) in [6, 6.07) is -0.147. The van der Waals surface area contributed by atoms with Gasteiger partial charge in [-0.05, 0) is 42.4 Å². The van der Waals surface area contributed by atoms with Crippen molar-refractivity contribution in [2.45, 2.75) is 59.4 Å². The van der Waals surface area contributed by atoms with Gasteiger partial charge >= 0.3 is 5.97 Å². The fourth-order valence-electron chi connectivity index (χ4n) is 3.68. The summed E-state index contributed by atoms with van der Waals surface area (Å²) < 4.78 is 0. The summed E-state index contributed by atoms with van der Waals surface area (Å²) >= 11 is 0. The van der Waals surface area contributed by atoms with Crippen molar-refractivity contribution in [3.63, 3.8) is 0 Å². The molecule has 0 radical (unpaired) electrons. The van der Waals surface area contributed by atoms with Gasteiger partial charge in [0.1, 0.15) is 0 Å². The van der Waals surface area contributed by atoms with Crippen LogP contribution in [0.4, 0.5) is 0 Å². The molecule has 2 bridgehead atoms. The van der Waals surface area contributed by atoms with E-state index in [1.54, 1.807) is 0 Å². The molecule has 4 nitrogen and oxygen atoms in total. The summed E-state index contributed by atoms with van der Waals surface area (Å²) in [6.07, 6.45) is 3.51. The number of carbonyl (C=O) groups excluding carboxylic acids is 1. The summed E-state index contributed by atoms with van der Waals surface area (Å²) in [4.78, 5) is 23.6. The quantitative estimate of drug-likeness (QED) is 0.832. The number of carbonyl (C=O) groups is 2. The van der Waals surface area contributed by atoms with Crippen LogP contribution in [0.15, 0.2) is 0 Å². The topological polar surface area (TPSA) is 66.4 Å². The van der Waals surface area contributed by atoms with E-state index >= 15 is 0 Å². The van der Waals surface area contributed by atoms with E-state index in [2.05, 4.69) is 33.0 Å². The lowest BCUT2D eigenvalue weighted by Crippen LogP contribution is -2.47. The zero-order valence-electron chi connectivity index (χ0n) is 13.0. The van der Waals surface area contributed by atoms with Crippen LogP contribution < -0.4 is 5.32 Å². The molecule has 2 rings (SSSR count). The van der Waals surface area contributed by atoms with Crippen LogP contribution in [-0.2, 0) is 9.59 Å². The fourth-order valence-corrected chi connectivity index (χ4v) is 3.68. The third-order valence-corrected chi connectivity index (χ3v) is 5.50. The van der Waals surface area contributed by atoms with E-state index in [-0.39, 0.29) is 35.1 Å². The number of fused-ring (bicyclic) bond motifs is 2. The Morgan fingerprint density at radius 3 is 2.40 bits per heavy atom. The Bertz CT molecular complexity index is 399. The van der Waals surface area contributed by atoms with E-state index < -0.39 is 5.97 Å². The lowest BCUT2D eigenvalue weighted by molar-refractivity contribution is -0.144. The first kappa shape index (κ1) is 15.3. The van der Waals surface area contributed by atoms with Crippen molar-refractivity contribution in [3.8, 4) is 0 Å². The number of hydrogen-bond acceptors (Lipinski definition) is 2. The van der Waals surface area contributed by atoms with Crippen LogP contribution in [0.3, 0.4) is 0 Å². The fraction of sp³-hybridized carbons (Fsp3) is 0.875. The maximum Gasteiger partial charge on any atom is 0.308 e. The van der Waals surface area contributed by atoms with Crippen molar-refractivity contribution in [1.29, 1.82) is 0 Å². The van der Waals surface area contributed by atoms with Crippen molar-refractivity contribution in [2.75, 3.05) is 0 Å². The molecule has 114 valence electrons. The Kier molecular flexibility index (Phi) is 4.12. The van der Waals surface area contributed by atoms with Gasteiger partial charge in [-0.15, -0.1) is 0 Å². The Hall–Kier alpha value is -1.06. The molecule has 0 saturated heterocycles. The van der Waals surface area contributed by atoms with Crippen LogP contribution in [0.5, 0.6) is 0 Å². The molecule has 2 saturated carbocycles. The van der Waals surface area contributed by atoms with Crippen molar-refractivity contribution in [1.82, 2.24) is 5.32 Å². The Labute approximate surface area is 121 Å². The second-order valence-corrected chi connectivity index (χ2v) is 7.76. The third-order valence-electron chi connectivity index (χ3n) is 5.50. The SMILES string of the molecule is CC(CC(=O)NC1C2CCC(C2)C1C(=O)O)C(C)(C)C. The molecular formula is C16H27NO3. The molecule has 0 aromatic rings. The van der Waals surface area contributed by atoms with E-state index in [4.69, 9.17) is 0 Å². The molecule has 2 aliphatic rings. The van der Waals surface area contributed by atoms with Gasteiger partial charge in [0.25, 0.3) is 0 Å². The molecule has 2 aliphatic carbocycles. The first-order valence-corrected chi connectivity index (χ1v) is 7.72. The summed E-state index contributed by atoms with van der Waals surface area (Å²) in [5, 5.41) is 12.4. The zero-order valence-corrected chi connectivity index (χ0v) is 13.0. The van der Waals surface area contributed by atoms with Crippen LogP contribution in [-0.4, -0.2) is 23.0 Å². The van der Waals surface area contributed by atoms with Gasteiger partial charge in [0.15, 0.2) is 0 Å². The smallest absolute Gasteiger partial charge is 0.308 e. The summed E-state index contributed by atoms with van der Waals surface area (Å²) in [5.41, 5.74) is 0.0955. The van der Waals surface area contributed by atoms with Gasteiger partial charge in [0, 0.05) is 12.5 Å². The number of carboxylic acids is 1. The Morgan fingerprint density at radius 2 is 1.85 bits per heavy atom. The standard InChI is InChI=1S/C16H27NO3/c1-9(16(2,3)4)7-12(18)17-14-11-6-5-10(8-11)13(14)15(19)20/h9-11,13-14H,5-8H2,1-4H3,(H,17,18)(H,19,20). The molecule has 0 aromatic carbocycles. The highest BCUT2D eigenvalue weighted by Crippen LogP contribution is 2.48. The van der Waals surface area contributed by atoms with Gasteiger partial charge in [0.05, 0.1) is 5.92 Å². The van der Waals surface area contributed by atoms with Crippen molar-refractivity contribution >= 4 is 11.9 Å². The molecule has 5 unspecified atom stereocenters. The molecule has 0 spiro atoms. The Balaban J connectivity index is 1.95. The zero-order chi connectivity index (χ0) is 15.1. The predicted molar refractivity (Wildman–Crippen MR) is 77.1 cm³/mol. The highest BCUT2D eigenvalue weighted by atomic mass is 16.4. The Morgan fingerprint density at radius 1 is 1.25 bits per heavy atom. The van der Waals surface area contributed by atoms with Gasteiger partial charge in [-0.2, -0.15) is 0 Å². The third kappa shape index (κ3) is 2.99. The number of carboxylic acid groups (broad SMARTS) is 1.